The standard InChI is InChI=1S/C20H32F3N5.HI/c1-15(16-6-5-7-17(12-16)20(21,22)23)8-9-25-19(24-2)26-13-18-14-27(3)10-11-28(18)4;/h5-7,12,15,18H,8-11,13-14H2,1-4H3,(H2,24,25,26);1H. The summed E-state index contributed by atoms with van der Waals surface area (Å²) in [5.41, 5.74) is 0.107. The number of guanidine groups is 1. The molecule has 1 fully saturated rings. The van der Waals surface area contributed by atoms with E-state index in [1.54, 1.807) is 13.1 Å². The monoisotopic (exact) mass is 527 g/mol. The Kier molecular flexibility index (Phi) is 10.7. The van der Waals surface area contributed by atoms with Crippen molar-refractivity contribution in [3.63, 3.8) is 0 Å². The highest BCUT2D eigenvalue weighted by atomic mass is 127. The lowest BCUT2D eigenvalue weighted by Crippen LogP contribution is -2.55. The van der Waals surface area contributed by atoms with Gasteiger partial charge in [-0.1, -0.05) is 25.1 Å². The summed E-state index contributed by atoms with van der Waals surface area (Å²) in [4.78, 5) is 8.91. The Morgan fingerprint density at radius 3 is 2.62 bits per heavy atom. The topological polar surface area (TPSA) is 42.9 Å². The van der Waals surface area contributed by atoms with Crippen LogP contribution in [0.1, 0.15) is 30.4 Å². The lowest BCUT2D eigenvalue weighted by Gasteiger charge is -2.37. The molecule has 0 bridgehead atoms. The van der Waals surface area contributed by atoms with Crippen molar-refractivity contribution in [2.24, 2.45) is 4.99 Å². The van der Waals surface area contributed by atoms with E-state index in [1.165, 1.54) is 12.1 Å². The zero-order valence-corrected chi connectivity index (χ0v) is 19.9. The van der Waals surface area contributed by atoms with Gasteiger partial charge in [-0.05, 0) is 38.1 Å². The minimum Gasteiger partial charge on any atom is -0.356 e. The van der Waals surface area contributed by atoms with E-state index in [9.17, 15) is 13.2 Å². The molecule has 2 atom stereocenters. The number of hydrogen-bond donors (Lipinski definition) is 2. The third-order valence-electron chi connectivity index (χ3n) is 5.36. The average molecular weight is 527 g/mol. The normalized spacial score (nSPS) is 20.1. The molecule has 1 aliphatic heterocycles. The van der Waals surface area contributed by atoms with Crippen LogP contribution in [0.15, 0.2) is 29.3 Å². The summed E-state index contributed by atoms with van der Waals surface area (Å²) in [6.07, 6.45) is -3.59. The van der Waals surface area contributed by atoms with Gasteiger partial charge in [0.15, 0.2) is 5.96 Å². The predicted molar refractivity (Wildman–Crippen MR) is 123 cm³/mol. The summed E-state index contributed by atoms with van der Waals surface area (Å²) >= 11 is 0. The molecule has 9 heteroatoms. The van der Waals surface area contributed by atoms with E-state index in [2.05, 4.69) is 39.5 Å². The fourth-order valence-corrected chi connectivity index (χ4v) is 3.35. The van der Waals surface area contributed by atoms with Crippen molar-refractivity contribution in [3.8, 4) is 0 Å². The van der Waals surface area contributed by atoms with Gasteiger partial charge in [0.1, 0.15) is 0 Å². The summed E-state index contributed by atoms with van der Waals surface area (Å²) in [6, 6.07) is 6.00. The highest BCUT2D eigenvalue weighted by Gasteiger charge is 2.30. The number of benzene rings is 1. The smallest absolute Gasteiger partial charge is 0.356 e. The molecule has 5 nitrogen and oxygen atoms in total. The van der Waals surface area contributed by atoms with Crippen LogP contribution in [0.25, 0.3) is 0 Å². The predicted octanol–water partition coefficient (Wildman–Crippen LogP) is 3.23. The van der Waals surface area contributed by atoms with E-state index >= 15 is 0 Å². The fourth-order valence-electron chi connectivity index (χ4n) is 3.35. The van der Waals surface area contributed by atoms with Crippen LogP contribution < -0.4 is 10.6 Å². The van der Waals surface area contributed by atoms with Crippen LogP contribution in [0.3, 0.4) is 0 Å². The maximum absolute atomic E-state index is 12.9. The van der Waals surface area contributed by atoms with Crippen molar-refractivity contribution in [2.75, 3.05) is 53.9 Å². The summed E-state index contributed by atoms with van der Waals surface area (Å²) < 4.78 is 38.6. The van der Waals surface area contributed by atoms with E-state index in [1.807, 2.05) is 6.92 Å². The van der Waals surface area contributed by atoms with E-state index in [0.717, 1.165) is 38.2 Å². The van der Waals surface area contributed by atoms with Crippen LogP contribution in [0.4, 0.5) is 13.2 Å². The first-order valence-corrected chi connectivity index (χ1v) is 9.71. The van der Waals surface area contributed by atoms with Gasteiger partial charge in [0.2, 0.25) is 0 Å². The number of piperazine rings is 1. The fraction of sp³-hybridized carbons (Fsp3) is 0.650. The Bertz CT molecular complexity index is 653. The van der Waals surface area contributed by atoms with Crippen molar-refractivity contribution in [2.45, 2.75) is 31.5 Å². The zero-order valence-electron chi connectivity index (χ0n) is 17.6. The molecule has 1 aromatic carbocycles. The molecule has 1 aliphatic rings. The van der Waals surface area contributed by atoms with Crippen LogP contribution in [0.5, 0.6) is 0 Å². The van der Waals surface area contributed by atoms with Gasteiger partial charge in [-0.25, -0.2) is 0 Å². The molecule has 166 valence electrons. The molecular formula is C20H33F3IN5. The van der Waals surface area contributed by atoms with Crippen LogP contribution >= 0.6 is 24.0 Å². The largest absolute Gasteiger partial charge is 0.416 e. The van der Waals surface area contributed by atoms with Crippen molar-refractivity contribution in [1.82, 2.24) is 20.4 Å². The number of rotatable bonds is 6. The minimum atomic E-state index is -4.31. The van der Waals surface area contributed by atoms with E-state index < -0.39 is 11.7 Å². The van der Waals surface area contributed by atoms with Gasteiger partial charge in [-0.2, -0.15) is 13.2 Å². The molecule has 0 spiro atoms. The first-order chi connectivity index (χ1) is 13.2. The van der Waals surface area contributed by atoms with Crippen LogP contribution in [0.2, 0.25) is 0 Å². The van der Waals surface area contributed by atoms with Gasteiger partial charge in [0.05, 0.1) is 5.56 Å². The summed E-state index contributed by atoms with van der Waals surface area (Å²) in [6.45, 7) is 6.51. The summed E-state index contributed by atoms with van der Waals surface area (Å²) in [5, 5.41) is 6.62. The molecule has 1 heterocycles. The highest BCUT2D eigenvalue weighted by Crippen LogP contribution is 2.31. The molecule has 0 radical (unpaired) electrons. The molecule has 0 saturated carbocycles. The van der Waals surface area contributed by atoms with Crippen LogP contribution in [-0.2, 0) is 6.18 Å². The minimum absolute atomic E-state index is 0. The second kappa shape index (κ2) is 11.9. The third-order valence-corrected chi connectivity index (χ3v) is 5.36. The second-order valence-corrected chi connectivity index (χ2v) is 7.59. The number of aliphatic imine (C=N–C) groups is 1. The van der Waals surface area contributed by atoms with Gasteiger partial charge in [0, 0.05) is 45.8 Å². The van der Waals surface area contributed by atoms with E-state index in [-0.39, 0.29) is 29.9 Å². The Hall–Kier alpha value is -1.07. The van der Waals surface area contributed by atoms with Crippen molar-refractivity contribution >= 4 is 29.9 Å². The maximum Gasteiger partial charge on any atom is 0.416 e. The first-order valence-electron chi connectivity index (χ1n) is 9.71. The number of halogens is 4. The van der Waals surface area contributed by atoms with Gasteiger partial charge in [-0.3, -0.25) is 9.89 Å². The van der Waals surface area contributed by atoms with Crippen molar-refractivity contribution in [1.29, 1.82) is 0 Å². The second-order valence-electron chi connectivity index (χ2n) is 7.59. The van der Waals surface area contributed by atoms with E-state index in [0.29, 0.717) is 24.6 Å². The molecule has 0 aliphatic carbocycles. The van der Waals surface area contributed by atoms with Crippen LogP contribution in [-0.4, -0.2) is 75.7 Å². The Morgan fingerprint density at radius 2 is 1.97 bits per heavy atom. The number of nitrogens with zero attached hydrogens (tertiary/aromatic N) is 3. The molecule has 0 amide bonds. The highest BCUT2D eigenvalue weighted by molar-refractivity contribution is 14.0. The van der Waals surface area contributed by atoms with Crippen molar-refractivity contribution in [3.05, 3.63) is 35.4 Å². The molecule has 0 aromatic heterocycles. The van der Waals surface area contributed by atoms with Gasteiger partial charge in [-0.15, -0.1) is 24.0 Å². The lowest BCUT2D eigenvalue weighted by atomic mass is 9.96. The number of nitrogens with one attached hydrogen (secondary N) is 2. The van der Waals surface area contributed by atoms with Gasteiger partial charge >= 0.3 is 6.18 Å². The molecule has 2 rings (SSSR count). The maximum atomic E-state index is 12.9. The van der Waals surface area contributed by atoms with Crippen molar-refractivity contribution < 1.29 is 13.2 Å². The number of alkyl halides is 3. The Balaban J connectivity index is 0.00000420. The number of likely N-dealkylation sites (N-methyl/N-ethyl adjacent to an activating group) is 2. The Morgan fingerprint density at radius 1 is 1.24 bits per heavy atom. The third kappa shape index (κ3) is 8.29. The molecule has 2 unspecified atom stereocenters. The van der Waals surface area contributed by atoms with E-state index in [4.69, 9.17) is 0 Å². The molecule has 1 saturated heterocycles. The lowest BCUT2D eigenvalue weighted by molar-refractivity contribution is -0.137. The average Bonchev–Trinajstić information content (AvgIpc) is 2.66. The van der Waals surface area contributed by atoms with Crippen LogP contribution in [0, 0.1) is 0 Å². The summed E-state index contributed by atoms with van der Waals surface area (Å²) in [7, 11) is 5.98. The molecular weight excluding hydrogens is 494 g/mol. The SMILES string of the molecule is CN=C(NCCC(C)c1cccc(C(F)(F)F)c1)NCC1CN(C)CCN1C.I. The van der Waals surface area contributed by atoms with Gasteiger partial charge < -0.3 is 15.5 Å². The summed E-state index contributed by atoms with van der Waals surface area (Å²) in [5.74, 6) is 0.740. The quantitative estimate of drug-likeness (QED) is 0.339. The first kappa shape index (κ1) is 26.0. The number of hydrogen-bond acceptors (Lipinski definition) is 3. The zero-order chi connectivity index (χ0) is 20.7. The molecule has 29 heavy (non-hydrogen) atoms. The Labute approximate surface area is 189 Å². The molecule has 2 N–H and O–H groups in total. The molecule has 1 aromatic rings. The van der Waals surface area contributed by atoms with Gasteiger partial charge in [0.25, 0.3) is 0 Å².